The normalized spacial score (nSPS) is 22.0. The van der Waals surface area contributed by atoms with Gasteiger partial charge in [-0.3, -0.25) is 14.4 Å². The summed E-state index contributed by atoms with van der Waals surface area (Å²) in [4.78, 5) is 29.2. The Hall–Kier alpha value is -2.40. The van der Waals surface area contributed by atoms with E-state index >= 15 is 0 Å². The largest absolute Gasteiger partial charge is 0.490 e. The fraction of sp³-hybridized carbons (Fsp3) is 0.550. The number of carboxylic acids is 1. The maximum Gasteiger partial charge on any atom is 0.490 e. The van der Waals surface area contributed by atoms with Crippen molar-refractivity contribution >= 4 is 28.9 Å². The molecule has 1 atom stereocenters. The van der Waals surface area contributed by atoms with Crippen LogP contribution in [0.1, 0.15) is 29.0 Å². The highest BCUT2D eigenvalue weighted by Crippen LogP contribution is 2.42. The van der Waals surface area contributed by atoms with E-state index in [0.29, 0.717) is 5.91 Å². The third-order valence-corrected chi connectivity index (χ3v) is 6.58. The first-order valence-electron chi connectivity index (χ1n) is 9.89. The first-order chi connectivity index (χ1) is 14.5. The molecule has 0 saturated carbocycles. The Kier molecular flexibility index (Phi) is 6.75. The SMILES string of the molecule is Cc1ccc(CN2CCCC3(CCN(c4cnn(C)c4)C3=O)C2)s1.O=C(O)C(F)(F)F. The van der Waals surface area contributed by atoms with Crippen LogP contribution in [0.4, 0.5) is 18.9 Å². The van der Waals surface area contributed by atoms with Crippen molar-refractivity contribution in [3.05, 3.63) is 34.3 Å². The molecule has 0 bridgehead atoms. The lowest BCUT2D eigenvalue weighted by molar-refractivity contribution is -0.192. The predicted molar refractivity (Wildman–Crippen MR) is 110 cm³/mol. The molecule has 2 aliphatic rings. The zero-order valence-corrected chi connectivity index (χ0v) is 18.2. The van der Waals surface area contributed by atoms with E-state index < -0.39 is 12.1 Å². The average Bonchev–Trinajstić information content (AvgIpc) is 3.37. The molecular weight excluding hydrogens is 433 g/mol. The van der Waals surface area contributed by atoms with Crippen molar-refractivity contribution in [2.75, 3.05) is 24.5 Å². The van der Waals surface area contributed by atoms with Crippen LogP contribution in [0.15, 0.2) is 24.5 Å². The van der Waals surface area contributed by atoms with Crippen molar-refractivity contribution in [3.8, 4) is 0 Å². The molecule has 2 aromatic heterocycles. The van der Waals surface area contributed by atoms with Crippen molar-refractivity contribution in [2.45, 2.75) is 38.9 Å². The lowest BCUT2D eigenvalue weighted by Gasteiger charge is -2.38. The first kappa shape index (κ1) is 23.3. The van der Waals surface area contributed by atoms with Gasteiger partial charge in [0.25, 0.3) is 0 Å². The number of carboxylic acid groups (broad SMARTS) is 1. The van der Waals surface area contributed by atoms with Crippen molar-refractivity contribution in [1.29, 1.82) is 0 Å². The number of aryl methyl sites for hydroxylation is 2. The highest BCUT2D eigenvalue weighted by molar-refractivity contribution is 7.11. The summed E-state index contributed by atoms with van der Waals surface area (Å²) in [7, 11) is 1.89. The smallest absolute Gasteiger partial charge is 0.475 e. The molecule has 1 unspecified atom stereocenters. The maximum absolute atomic E-state index is 13.2. The molecular formula is C20H25F3N4O3S. The zero-order valence-electron chi connectivity index (χ0n) is 17.4. The number of piperidine rings is 1. The number of carbonyl (C=O) groups excluding carboxylic acids is 1. The van der Waals surface area contributed by atoms with Crippen LogP contribution >= 0.6 is 11.3 Å². The molecule has 1 N–H and O–H groups in total. The fourth-order valence-corrected chi connectivity index (χ4v) is 5.08. The zero-order chi connectivity index (χ0) is 22.8. The second-order valence-electron chi connectivity index (χ2n) is 7.99. The quantitative estimate of drug-likeness (QED) is 0.763. The molecule has 1 amide bonds. The van der Waals surface area contributed by atoms with Gasteiger partial charge in [-0.15, -0.1) is 11.3 Å². The summed E-state index contributed by atoms with van der Waals surface area (Å²) >= 11 is 1.87. The number of carbonyl (C=O) groups is 2. The standard InChI is InChI=1S/C18H24N4OS.C2HF3O2/c1-14-4-5-16(24-14)12-21-8-3-6-18(13-21)7-9-22(17(18)23)15-10-19-20(2)11-15;3-2(4,5)1(6)7/h4-5,10-11H,3,6-9,12-13H2,1-2H3;(H,6,7). The molecule has 0 radical (unpaired) electrons. The lowest BCUT2D eigenvalue weighted by atomic mass is 9.78. The van der Waals surface area contributed by atoms with Gasteiger partial charge >= 0.3 is 12.1 Å². The molecule has 1 spiro atoms. The van der Waals surface area contributed by atoms with Crippen LogP contribution in [0.5, 0.6) is 0 Å². The number of halogens is 3. The predicted octanol–water partition coefficient (Wildman–Crippen LogP) is 3.44. The van der Waals surface area contributed by atoms with Gasteiger partial charge in [0.1, 0.15) is 0 Å². The number of hydrogen-bond donors (Lipinski definition) is 1. The average molecular weight is 459 g/mol. The minimum Gasteiger partial charge on any atom is -0.475 e. The van der Waals surface area contributed by atoms with E-state index in [2.05, 4.69) is 29.1 Å². The number of aromatic nitrogens is 2. The van der Waals surface area contributed by atoms with Gasteiger partial charge in [-0.25, -0.2) is 4.79 Å². The molecule has 11 heteroatoms. The molecule has 4 heterocycles. The molecule has 0 aliphatic carbocycles. The summed E-state index contributed by atoms with van der Waals surface area (Å²) in [6, 6.07) is 4.41. The second kappa shape index (κ2) is 8.99. The number of likely N-dealkylation sites (tertiary alicyclic amines) is 1. The van der Waals surface area contributed by atoms with Crippen LogP contribution in [0.2, 0.25) is 0 Å². The summed E-state index contributed by atoms with van der Waals surface area (Å²) in [5.74, 6) is -2.46. The van der Waals surface area contributed by atoms with Crippen LogP contribution < -0.4 is 4.90 Å². The number of alkyl halides is 3. The van der Waals surface area contributed by atoms with Gasteiger partial charge in [0.05, 0.1) is 17.3 Å². The minimum absolute atomic E-state index is 0.194. The monoisotopic (exact) mass is 458 g/mol. The summed E-state index contributed by atoms with van der Waals surface area (Å²) < 4.78 is 33.5. The van der Waals surface area contributed by atoms with E-state index in [1.807, 2.05) is 29.5 Å². The number of hydrogen-bond acceptors (Lipinski definition) is 5. The van der Waals surface area contributed by atoms with E-state index in [-0.39, 0.29) is 5.41 Å². The minimum atomic E-state index is -5.08. The number of rotatable bonds is 3. The Morgan fingerprint density at radius 3 is 2.55 bits per heavy atom. The molecule has 0 aromatic carbocycles. The van der Waals surface area contributed by atoms with Crippen LogP contribution in [0.25, 0.3) is 0 Å². The van der Waals surface area contributed by atoms with Gasteiger partial charge in [0.2, 0.25) is 5.91 Å². The maximum atomic E-state index is 13.2. The van der Waals surface area contributed by atoms with Crippen molar-refractivity contribution in [3.63, 3.8) is 0 Å². The first-order valence-corrected chi connectivity index (χ1v) is 10.7. The van der Waals surface area contributed by atoms with E-state index in [1.54, 1.807) is 10.9 Å². The summed E-state index contributed by atoms with van der Waals surface area (Å²) in [5.41, 5.74) is 0.741. The van der Waals surface area contributed by atoms with Crippen LogP contribution in [0, 0.1) is 12.3 Å². The number of nitrogens with zero attached hydrogens (tertiary/aromatic N) is 4. The highest BCUT2D eigenvalue weighted by atomic mass is 32.1. The van der Waals surface area contributed by atoms with Crippen molar-refractivity contribution in [2.24, 2.45) is 12.5 Å². The van der Waals surface area contributed by atoms with Crippen LogP contribution in [0.3, 0.4) is 0 Å². The Morgan fingerprint density at radius 2 is 2.00 bits per heavy atom. The van der Waals surface area contributed by atoms with Crippen molar-refractivity contribution < 1.29 is 27.9 Å². The molecule has 170 valence electrons. The summed E-state index contributed by atoms with van der Waals surface area (Å²) in [6.07, 6.45) is 1.73. The molecule has 2 fully saturated rings. The molecule has 7 nitrogen and oxygen atoms in total. The number of amides is 1. The number of thiophene rings is 1. The Morgan fingerprint density at radius 1 is 1.29 bits per heavy atom. The second-order valence-corrected chi connectivity index (χ2v) is 9.36. The summed E-state index contributed by atoms with van der Waals surface area (Å²) in [6.45, 7) is 5.92. The molecule has 31 heavy (non-hydrogen) atoms. The summed E-state index contributed by atoms with van der Waals surface area (Å²) in [5, 5.41) is 11.3. The number of anilines is 1. The molecule has 2 aliphatic heterocycles. The van der Waals surface area contributed by atoms with Crippen LogP contribution in [-0.2, 0) is 23.2 Å². The fourth-order valence-electron chi connectivity index (χ4n) is 4.15. The molecule has 2 aromatic rings. The van der Waals surface area contributed by atoms with Gasteiger partial charge < -0.3 is 10.0 Å². The third-order valence-electron chi connectivity index (χ3n) is 5.59. The van der Waals surface area contributed by atoms with E-state index in [9.17, 15) is 18.0 Å². The van der Waals surface area contributed by atoms with Gasteiger partial charge in [0, 0.05) is 42.6 Å². The van der Waals surface area contributed by atoms with Crippen molar-refractivity contribution in [1.82, 2.24) is 14.7 Å². The highest BCUT2D eigenvalue weighted by Gasteiger charge is 2.49. The van der Waals surface area contributed by atoms with Gasteiger partial charge in [-0.05, 0) is 44.9 Å². The lowest BCUT2D eigenvalue weighted by Crippen LogP contribution is -2.47. The van der Waals surface area contributed by atoms with E-state index in [1.165, 1.54) is 9.75 Å². The van der Waals surface area contributed by atoms with Gasteiger partial charge in [0.15, 0.2) is 0 Å². The van der Waals surface area contributed by atoms with E-state index in [0.717, 1.165) is 51.1 Å². The number of aliphatic carboxylic acids is 1. The molecule has 2 saturated heterocycles. The van der Waals surface area contributed by atoms with Crippen LogP contribution in [-0.4, -0.2) is 57.5 Å². The molecule has 4 rings (SSSR count). The Balaban J connectivity index is 0.000000339. The third kappa shape index (κ3) is 5.45. The Bertz CT molecular complexity index is 942. The van der Waals surface area contributed by atoms with E-state index in [4.69, 9.17) is 9.90 Å². The van der Waals surface area contributed by atoms with Gasteiger partial charge in [-0.2, -0.15) is 18.3 Å². The van der Waals surface area contributed by atoms with Gasteiger partial charge in [-0.1, -0.05) is 0 Å². The topological polar surface area (TPSA) is 78.7 Å². The Labute approximate surface area is 182 Å².